The molecule has 0 unspecified atom stereocenters. The van der Waals surface area contributed by atoms with Gasteiger partial charge in [-0.1, -0.05) is 18.2 Å². The van der Waals surface area contributed by atoms with E-state index in [4.69, 9.17) is 4.74 Å². The van der Waals surface area contributed by atoms with E-state index in [9.17, 15) is 18.0 Å². The van der Waals surface area contributed by atoms with Crippen molar-refractivity contribution in [2.45, 2.75) is 44.5 Å². The van der Waals surface area contributed by atoms with Crippen molar-refractivity contribution in [3.05, 3.63) is 35.4 Å². The lowest BCUT2D eigenvalue weighted by Gasteiger charge is -2.24. The second-order valence-electron chi connectivity index (χ2n) is 6.64. The zero-order valence-electron chi connectivity index (χ0n) is 13.3. The Hall–Kier alpha value is -1.76. The normalized spacial score (nSPS) is 22.0. The van der Waals surface area contributed by atoms with Gasteiger partial charge in [0.15, 0.2) is 0 Å². The minimum absolute atomic E-state index is 0.232. The average molecular weight is 330 g/mol. The molecule has 2 N–H and O–H groups in total. The van der Waals surface area contributed by atoms with Gasteiger partial charge in [0, 0.05) is 19.0 Å². The third-order valence-corrected chi connectivity index (χ3v) is 3.56. The summed E-state index contributed by atoms with van der Waals surface area (Å²) < 4.78 is 43.7. The lowest BCUT2D eigenvalue weighted by atomic mass is 9.93. The Morgan fingerprint density at radius 3 is 2.57 bits per heavy atom. The molecule has 0 aliphatic carbocycles. The van der Waals surface area contributed by atoms with E-state index in [1.54, 1.807) is 26.8 Å². The van der Waals surface area contributed by atoms with E-state index in [1.165, 1.54) is 6.07 Å². The number of carbonyl (C=O) groups excluding carboxylic acids is 1. The third-order valence-electron chi connectivity index (χ3n) is 3.56. The van der Waals surface area contributed by atoms with Gasteiger partial charge in [-0.05, 0) is 32.4 Å². The first-order chi connectivity index (χ1) is 10.6. The van der Waals surface area contributed by atoms with Crippen molar-refractivity contribution in [1.82, 2.24) is 10.6 Å². The maximum absolute atomic E-state index is 12.8. The summed E-state index contributed by atoms with van der Waals surface area (Å²) in [6.07, 6.45) is -4.95. The van der Waals surface area contributed by atoms with Crippen LogP contribution in [0, 0.1) is 0 Å². The maximum Gasteiger partial charge on any atom is 0.416 e. The molecular formula is C16H21F3N2O2. The van der Waals surface area contributed by atoms with Gasteiger partial charge in [-0.25, -0.2) is 4.79 Å². The second-order valence-corrected chi connectivity index (χ2v) is 6.64. The molecule has 0 saturated carbocycles. The molecule has 1 aliphatic rings. The SMILES string of the molecule is CC(C)(C)OC(=O)N[C@@H]1CNC[C@H]1c1cccc(C(F)(F)F)c1. The minimum Gasteiger partial charge on any atom is -0.444 e. The van der Waals surface area contributed by atoms with Gasteiger partial charge in [-0.15, -0.1) is 0 Å². The smallest absolute Gasteiger partial charge is 0.416 e. The Morgan fingerprint density at radius 1 is 1.26 bits per heavy atom. The van der Waals surface area contributed by atoms with Crippen LogP contribution in [-0.2, 0) is 10.9 Å². The van der Waals surface area contributed by atoms with Gasteiger partial charge in [0.1, 0.15) is 5.60 Å². The summed E-state index contributed by atoms with van der Waals surface area (Å²) in [5.74, 6) is -0.232. The number of alkyl halides is 3. The molecule has 0 spiro atoms. The highest BCUT2D eigenvalue weighted by atomic mass is 19.4. The summed E-state index contributed by atoms with van der Waals surface area (Å²) in [6.45, 7) is 6.25. The summed E-state index contributed by atoms with van der Waals surface area (Å²) in [5.41, 5.74) is -0.759. The molecule has 23 heavy (non-hydrogen) atoms. The number of carbonyl (C=O) groups is 1. The van der Waals surface area contributed by atoms with Crippen LogP contribution in [0.5, 0.6) is 0 Å². The molecule has 2 rings (SSSR count). The third kappa shape index (κ3) is 4.86. The van der Waals surface area contributed by atoms with Crippen LogP contribution in [-0.4, -0.2) is 30.8 Å². The zero-order chi connectivity index (χ0) is 17.3. The Morgan fingerprint density at radius 2 is 1.96 bits per heavy atom. The van der Waals surface area contributed by atoms with Gasteiger partial charge in [0.2, 0.25) is 0 Å². The van der Waals surface area contributed by atoms with E-state index in [-0.39, 0.29) is 12.0 Å². The number of alkyl carbamates (subject to hydrolysis) is 1. The fraction of sp³-hybridized carbons (Fsp3) is 0.562. The molecule has 128 valence electrons. The van der Waals surface area contributed by atoms with E-state index in [0.717, 1.165) is 12.1 Å². The van der Waals surface area contributed by atoms with Crippen LogP contribution in [0.1, 0.15) is 37.8 Å². The van der Waals surface area contributed by atoms with Crippen molar-refractivity contribution in [2.75, 3.05) is 13.1 Å². The van der Waals surface area contributed by atoms with Gasteiger partial charge >= 0.3 is 12.3 Å². The summed E-state index contributed by atoms with van der Waals surface area (Å²) in [4.78, 5) is 11.9. The van der Waals surface area contributed by atoms with Crippen molar-refractivity contribution in [1.29, 1.82) is 0 Å². The number of hydrogen-bond donors (Lipinski definition) is 2. The molecule has 1 aromatic carbocycles. The van der Waals surface area contributed by atoms with Crippen LogP contribution in [0.4, 0.5) is 18.0 Å². The number of amides is 1. The zero-order valence-corrected chi connectivity index (χ0v) is 13.3. The maximum atomic E-state index is 12.8. The van der Waals surface area contributed by atoms with Crippen molar-refractivity contribution in [3.63, 3.8) is 0 Å². The first-order valence-corrected chi connectivity index (χ1v) is 7.43. The molecular weight excluding hydrogens is 309 g/mol. The van der Waals surface area contributed by atoms with Gasteiger partial charge in [0.05, 0.1) is 11.6 Å². The Kier molecular flexibility index (Phi) is 4.89. The molecule has 0 aromatic heterocycles. The topological polar surface area (TPSA) is 50.4 Å². The van der Waals surface area contributed by atoms with Crippen LogP contribution in [0.2, 0.25) is 0 Å². The molecule has 0 radical (unpaired) electrons. The first kappa shape index (κ1) is 17.6. The summed E-state index contributed by atoms with van der Waals surface area (Å²) in [7, 11) is 0. The molecule has 4 nitrogen and oxygen atoms in total. The highest BCUT2D eigenvalue weighted by molar-refractivity contribution is 5.68. The summed E-state index contributed by atoms with van der Waals surface area (Å²) in [5, 5.41) is 5.83. The number of rotatable bonds is 2. The summed E-state index contributed by atoms with van der Waals surface area (Å²) in [6, 6.07) is 4.91. The van der Waals surface area contributed by atoms with Gasteiger partial charge in [-0.3, -0.25) is 0 Å². The lowest BCUT2D eigenvalue weighted by molar-refractivity contribution is -0.137. The number of hydrogen-bond acceptors (Lipinski definition) is 3. The quantitative estimate of drug-likeness (QED) is 0.875. The molecule has 1 heterocycles. The van der Waals surface area contributed by atoms with Crippen molar-refractivity contribution < 1.29 is 22.7 Å². The predicted molar refractivity (Wildman–Crippen MR) is 80.2 cm³/mol. The number of benzene rings is 1. The van der Waals surface area contributed by atoms with Crippen LogP contribution in [0.15, 0.2) is 24.3 Å². The van der Waals surface area contributed by atoms with Crippen LogP contribution in [0.25, 0.3) is 0 Å². The number of ether oxygens (including phenoxy) is 1. The van der Waals surface area contributed by atoms with E-state index in [1.807, 2.05) is 0 Å². The highest BCUT2D eigenvalue weighted by Crippen LogP contribution is 2.32. The van der Waals surface area contributed by atoms with Gasteiger partial charge in [-0.2, -0.15) is 13.2 Å². The van der Waals surface area contributed by atoms with Crippen LogP contribution >= 0.6 is 0 Å². The van der Waals surface area contributed by atoms with Gasteiger partial charge < -0.3 is 15.4 Å². The minimum atomic E-state index is -4.38. The van der Waals surface area contributed by atoms with E-state index in [2.05, 4.69) is 10.6 Å². The fourth-order valence-electron chi connectivity index (χ4n) is 2.59. The standard InChI is InChI=1S/C16H21F3N2O2/c1-15(2,3)23-14(22)21-13-9-20-8-12(13)10-5-4-6-11(7-10)16(17,18)19/h4-7,12-13,20H,8-9H2,1-3H3,(H,21,22)/t12-,13+/m0/s1. The van der Waals surface area contributed by atoms with E-state index in [0.29, 0.717) is 18.7 Å². The van der Waals surface area contributed by atoms with E-state index >= 15 is 0 Å². The average Bonchev–Trinajstić information content (AvgIpc) is 2.83. The molecule has 7 heteroatoms. The Labute approximate surface area is 133 Å². The number of nitrogens with one attached hydrogen (secondary N) is 2. The molecule has 1 aliphatic heterocycles. The van der Waals surface area contributed by atoms with Crippen molar-refractivity contribution in [2.24, 2.45) is 0 Å². The van der Waals surface area contributed by atoms with Crippen LogP contribution < -0.4 is 10.6 Å². The molecule has 1 aromatic rings. The van der Waals surface area contributed by atoms with Gasteiger partial charge in [0.25, 0.3) is 0 Å². The molecule has 1 amide bonds. The van der Waals surface area contributed by atoms with E-state index < -0.39 is 23.4 Å². The first-order valence-electron chi connectivity index (χ1n) is 7.43. The highest BCUT2D eigenvalue weighted by Gasteiger charge is 2.34. The molecule has 0 bridgehead atoms. The number of halogens is 3. The summed E-state index contributed by atoms with van der Waals surface area (Å²) >= 11 is 0. The molecule has 1 saturated heterocycles. The Bertz CT molecular complexity index is 567. The Balaban J connectivity index is 2.11. The molecule has 2 atom stereocenters. The second kappa shape index (κ2) is 6.39. The fourth-order valence-corrected chi connectivity index (χ4v) is 2.59. The van der Waals surface area contributed by atoms with Crippen LogP contribution in [0.3, 0.4) is 0 Å². The monoisotopic (exact) mass is 330 g/mol. The predicted octanol–water partition coefficient (Wildman–Crippen LogP) is 3.29. The van der Waals surface area contributed by atoms with Crippen molar-refractivity contribution >= 4 is 6.09 Å². The van der Waals surface area contributed by atoms with Crippen molar-refractivity contribution in [3.8, 4) is 0 Å². The largest absolute Gasteiger partial charge is 0.444 e. The lowest BCUT2D eigenvalue weighted by Crippen LogP contribution is -2.42. The molecule has 1 fully saturated rings.